The minimum atomic E-state index is -0.615. The molecule has 0 atom stereocenters. The number of hydrogen-bond acceptors (Lipinski definition) is 2. The van der Waals surface area contributed by atoms with Gasteiger partial charge in [-0.1, -0.05) is 17.7 Å². The Morgan fingerprint density at radius 3 is 2.86 bits per heavy atom. The Morgan fingerprint density at radius 2 is 2.21 bits per heavy atom. The molecule has 0 fully saturated rings. The van der Waals surface area contributed by atoms with Crippen LogP contribution in [0.15, 0.2) is 24.4 Å². The number of hydrogen-bond donors (Lipinski definition) is 2. The largest absolute Gasteiger partial charge is 0.428 e. The van der Waals surface area contributed by atoms with Crippen molar-refractivity contribution >= 4 is 28.4 Å². The smallest absolute Gasteiger partial charge is 0.251 e. The van der Waals surface area contributed by atoms with Crippen molar-refractivity contribution in [2.24, 2.45) is 5.73 Å². The molecule has 1 aromatic heterocycles. The monoisotopic (exact) mass is 210 g/mol. The molecule has 3 N–H and O–H groups in total. The molecule has 0 bridgehead atoms. The number of rotatable bonds is 1. The highest BCUT2D eigenvalue weighted by atomic mass is 35.5. The van der Waals surface area contributed by atoms with Crippen molar-refractivity contribution in [3.05, 3.63) is 35.0 Å². The predicted octanol–water partition coefficient (Wildman–Crippen LogP) is 1.63. The van der Waals surface area contributed by atoms with Gasteiger partial charge in [0.25, 0.3) is 5.91 Å². The van der Waals surface area contributed by atoms with Gasteiger partial charge in [0.1, 0.15) is 0 Å². The zero-order chi connectivity index (χ0) is 10.3. The van der Waals surface area contributed by atoms with Crippen molar-refractivity contribution in [2.45, 2.75) is 0 Å². The first-order valence-electron chi connectivity index (χ1n) is 3.90. The minimum absolute atomic E-state index is 0.216. The molecule has 0 saturated heterocycles. The van der Waals surface area contributed by atoms with E-state index in [0.29, 0.717) is 15.9 Å². The molecule has 0 spiro atoms. The third-order valence-electron chi connectivity index (χ3n) is 2.02. The third-order valence-corrected chi connectivity index (χ3v) is 2.34. The van der Waals surface area contributed by atoms with Crippen LogP contribution in [0.1, 0.15) is 10.4 Å². The van der Waals surface area contributed by atoms with Crippen LogP contribution in [0.5, 0.6) is 0 Å². The summed E-state index contributed by atoms with van der Waals surface area (Å²) in [5.41, 5.74) is 5.82. The van der Waals surface area contributed by atoms with Crippen LogP contribution in [-0.4, -0.2) is 15.8 Å². The van der Waals surface area contributed by atoms with Crippen molar-refractivity contribution in [2.75, 3.05) is 0 Å². The number of benzene rings is 1. The van der Waals surface area contributed by atoms with E-state index < -0.39 is 5.91 Å². The molecule has 0 saturated carbocycles. The van der Waals surface area contributed by atoms with Crippen molar-refractivity contribution in [3.63, 3.8) is 0 Å². The number of carbonyl (C=O) groups is 1. The second-order valence-corrected chi connectivity index (χ2v) is 3.29. The zero-order valence-electron chi connectivity index (χ0n) is 7.07. The van der Waals surface area contributed by atoms with Crippen molar-refractivity contribution in [1.29, 1.82) is 0 Å². The molecule has 14 heavy (non-hydrogen) atoms. The maximum Gasteiger partial charge on any atom is 0.251 e. The van der Waals surface area contributed by atoms with Gasteiger partial charge in [0.2, 0.25) is 0 Å². The van der Waals surface area contributed by atoms with E-state index in [1.54, 1.807) is 18.2 Å². The lowest BCUT2D eigenvalue weighted by Gasteiger charge is -1.96. The molecule has 5 heteroatoms. The van der Waals surface area contributed by atoms with Crippen LogP contribution in [-0.2, 0) is 0 Å². The molecule has 0 unspecified atom stereocenters. The number of aromatic nitrogens is 1. The highest BCUT2D eigenvalue weighted by Gasteiger charge is 2.14. The van der Waals surface area contributed by atoms with Gasteiger partial charge in [-0.15, -0.1) is 0 Å². The molecule has 2 aromatic rings. The van der Waals surface area contributed by atoms with Gasteiger partial charge in [0.15, 0.2) is 0 Å². The Hall–Kier alpha value is -1.68. The van der Waals surface area contributed by atoms with Crippen LogP contribution >= 0.6 is 11.6 Å². The Labute approximate surface area is 84.5 Å². The Morgan fingerprint density at radius 1 is 1.50 bits per heavy atom. The second kappa shape index (κ2) is 2.92. The van der Waals surface area contributed by atoms with Gasteiger partial charge in [-0.25, -0.2) is 0 Å². The summed E-state index contributed by atoms with van der Waals surface area (Å²) in [4.78, 5) is 11.0. The zero-order valence-corrected chi connectivity index (χ0v) is 7.82. The van der Waals surface area contributed by atoms with Crippen molar-refractivity contribution in [1.82, 2.24) is 4.73 Å². The molecule has 0 aliphatic rings. The summed E-state index contributed by atoms with van der Waals surface area (Å²) in [7, 11) is 0. The van der Waals surface area contributed by atoms with Gasteiger partial charge in [0.05, 0.1) is 22.3 Å². The Bertz CT molecular complexity index is 519. The summed E-state index contributed by atoms with van der Waals surface area (Å²) >= 11 is 5.89. The van der Waals surface area contributed by atoms with Crippen LogP contribution in [0.25, 0.3) is 10.9 Å². The molecule has 0 aliphatic heterocycles. The average Bonchev–Trinajstić information content (AvgIpc) is 2.46. The number of carbonyl (C=O) groups excluding carboxylic acids is 1. The van der Waals surface area contributed by atoms with Gasteiger partial charge < -0.3 is 10.9 Å². The predicted molar refractivity (Wildman–Crippen MR) is 52.7 cm³/mol. The van der Waals surface area contributed by atoms with Crippen LogP contribution in [0.4, 0.5) is 0 Å². The van der Waals surface area contributed by atoms with E-state index in [0.717, 1.165) is 4.73 Å². The van der Waals surface area contributed by atoms with E-state index in [1.165, 1.54) is 6.20 Å². The van der Waals surface area contributed by atoms with Crippen LogP contribution in [0.3, 0.4) is 0 Å². The summed E-state index contributed by atoms with van der Waals surface area (Å²) in [6, 6.07) is 4.96. The standard InChI is InChI=1S/C9H7ClN2O2/c10-6-2-1-3-7-8(6)5(9(11)13)4-12(7)14/h1-4,14H,(H2,11,13). The van der Waals surface area contributed by atoms with Gasteiger partial charge in [-0.3, -0.25) is 4.79 Å². The second-order valence-electron chi connectivity index (χ2n) is 2.89. The maximum atomic E-state index is 11.0. The fourth-order valence-electron chi connectivity index (χ4n) is 1.41. The van der Waals surface area contributed by atoms with E-state index in [2.05, 4.69) is 0 Å². The average molecular weight is 211 g/mol. The number of fused-ring (bicyclic) bond motifs is 1. The fraction of sp³-hybridized carbons (Fsp3) is 0. The fourth-order valence-corrected chi connectivity index (χ4v) is 1.68. The lowest BCUT2D eigenvalue weighted by atomic mass is 10.2. The molecule has 1 heterocycles. The number of amides is 1. The Balaban J connectivity index is 2.93. The van der Waals surface area contributed by atoms with E-state index in [1.807, 2.05) is 0 Å². The summed E-state index contributed by atoms with van der Waals surface area (Å²) in [6.45, 7) is 0. The normalized spacial score (nSPS) is 10.6. The van der Waals surface area contributed by atoms with Crippen LogP contribution in [0, 0.1) is 0 Å². The lowest BCUT2D eigenvalue weighted by Crippen LogP contribution is -2.10. The van der Waals surface area contributed by atoms with E-state index in [-0.39, 0.29) is 5.56 Å². The van der Waals surface area contributed by atoms with Crippen LogP contribution < -0.4 is 5.73 Å². The third kappa shape index (κ3) is 1.12. The maximum absolute atomic E-state index is 11.0. The first-order valence-corrected chi connectivity index (χ1v) is 4.27. The van der Waals surface area contributed by atoms with Crippen molar-refractivity contribution < 1.29 is 10.0 Å². The van der Waals surface area contributed by atoms with E-state index >= 15 is 0 Å². The van der Waals surface area contributed by atoms with Gasteiger partial charge in [0, 0.05) is 5.39 Å². The van der Waals surface area contributed by atoms with Gasteiger partial charge in [-0.2, -0.15) is 4.73 Å². The van der Waals surface area contributed by atoms with Gasteiger partial charge in [-0.05, 0) is 12.1 Å². The molecule has 1 aromatic carbocycles. The number of primary amides is 1. The molecule has 0 radical (unpaired) electrons. The first-order chi connectivity index (χ1) is 6.61. The summed E-state index contributed by atoms with van der Waals surface area (Å²) in [5, 5.41) is 10.3. The molecular weight excluding hydrogens is 204 g/mol. The van der Waals surface area contributed by atoms with Gasteiger partial charge >= 0.3 is 0 Å². The first kappa shape index (κ1) is 8.90. The highest BCUT2D eigenvalue weighted by Crippen LogP contribution is 2.27. The quantitative estimate of drug-likeness (QED) is 0.703. The summed E-state index contributed by atoms with van der Waals surface area (Å²) < 4.78 is 0.835. The minimum Gasteiger partial charge on any atom is -0.428 e. The molecule has 4 nitrogen and oxygen atoms in total. The molecular formula is C9H7ClN2O2. The number of nitrogens with two attached hydrogens (primary N) is 1. The SMILES string of the molecule is NC(=O)c1cn(O)c2cccc(Cl)c12. The highest BCUT2D eigenvalue weighted by molar-refractivity contribution is 6.36. The summed E-state index contributed by atoms with van der Waals surface area (Å²) in [5.74, 6) is -0.615. The van der Waals surface area contributed by atoms with E-state index in [4.69, 9.17) is 17.3 Å². The number of halogens is 1. The lowest BCUT2D eigenvalue weighted by molar-refractivity contribution is 0.0999. The molecule has 1 amide bonds. The molecule has 0 aliphatic carbocycles. The van der Waals surface area contributed by atoms with E-state index in [9.17, 15) is 10.0 Å². The summed E-state index contributed by atoms with van der Waals surface area (Å²) in [6.07, 6.45) is 1.25. The molecule has 2 rings (SSSR count). The van der Waals surface area contributed by atoms with Crippen LogP contribution in [0.2, 0.25) is 5.02 Å². The molecule has 72 valence electrons. The van der Waals surface area contributed by atoms with Crippen molar-refractivity contribution in [3.8, 4) is 0 Å². The number of nitrogens with zero attached hydrogens (tertiary/aromatic N) is 1. The topological polar surface area (TPSA) is 68.2 Å². The Kier molecular flexibility index (Phi) is 1.86.